The smallest absolute Gasteiger partial charge is 0.161 e. The summed E-state index contributed by atoms with van der Waals surface area (Å²) < 4.78 is 22.8. The van der Waals surface area contributed by atoms with E-state index in [0.717, 1.165) is 16.7 Å². The molecule has 0 aromatic heterocycles. The average Bonchev–Trinajstić information content (AvgIpc) is 1.99. The molecule has 82 valence electrons. The van der Waals surface area contributed by atoms with E-state index in [1.54, 1.807) is 0 Å². The van der Waals surface area contributed by atoms with Crippen LogP contribution in [0.15, 0.2) is 18.2 Å². The van der Waals surface area contributed by atoms with Gasteiger partial charge in [0.2, 0.25) is 0 Å². The van der Waals surface area contributed by atoms with Gasteiger partial charge in [-0.05, 0) is 19.4 Å². The van der Waals surface area contributed by atoms with Gasteiger partial charge in [-0.1, -0.05) is 29.3 Å². The van der Waals surface area contributed by atoms with Crippen LogP contribution in [0, 0.1) is 13.8 Å². The van der Waals surface area contributed by atoms with Crippen molar-refractivity contribution in [2.45, 2.75) is 19.6 Å². The molecule has 0 saturated heterocycles. The average molecular weight is 226 g/mol. The van der Waals surface area contributed by atoms with Gasteiger partial charge >= 0.3 is 0 Å². The highest BCUT2D eigenvalue weighted by Crippen LogP contribution is 2.12. The predicted octanol–water partition coefficient (Wildman–Crippen LogP) is 1.42. The molecule has 0 heterocycles. The Bertz CT molecular complexity index is 440. The maximum Gasteiger partial charge on any atom is 0.161 e. The first-order valence-corrected chi connectivity index (χ1v) is 6.46. The van der Waals surface area contributed by atoms with Crippen molar-refractivity contribution in [2.75, 3.05) is 5.75 Å². The Balaban J connectivity index is 2.94. The third kappa shape index (κ3) is 3.83. The summed E-state index contributed by atoms with van der Waals surface area (Å²) in [6, 6.07) is 5.64. The minimum atomic E-state index is -3.29. The summed E-state index contributed by atoms with van der Waals surface area (Å²) in [6.07, 6.45) is 0.429. The summed E-state index contributed by atoms with van der Waals surface area (Å²) in [5.41, 5.74) is 2.81. The summed E-state index contributed by atoms with van der Waals surface area (Å²) in [6.45, 7) is 3.84. The first-order chi connectivity index (χ1) is 6.93. The topological polar surface area (TPSA) is 51.2 Å². The van der Waals surface area contributed by atoms with Crippen LogP contribution >= 0.6 is 0 Å². The van der Waals surface area contributed by atoms with E-state index in [9.17, 15) is 13.2 Å². The van der Waals surface area contributed by atoms with Crippen LogP contribution in [0.4, 0.5) is 0 Å². The van der Waals surface area contributed by atoms with Crippen LogP contribution in [-0.2, 0) is 20.4 Å². The normalized spacial score (nSPS) is 11.3. The highest BCUT2D eigenvalue weighted by Gasteiger charge is 2.11. The van der Waals surface area contributed by atoms with Crippen LogP contribution < -0.4 is 0 Å². The summed E-state index contributed by atoms with van der Waals surface area (Å²) in [5.74, 6) is -0.464. The minimum Gasteiger partial charge on any atom is -0.302 e. The van der Waals surface area contributed by atoms with Crippen molar-refractivity contribution >= 4 is 16.1 Å². The largest absolute Gasteiger partial charge is 0.302 e. The molecule has 0 bridgehead atoms. The van der Waals surface area contributed by atoms with E-state index in [1.165, 1.54) is 0 Å². The zero-order chi connectivity index (χ0) is 11.5. The number of hydrogen-bond donors (Lipinski definition) is 0. The van der Waals surface area contributed by atoms with Crippen LogP contribution in [-0.4, -0.2) is 20.5 Å². The fourth-order valence-corrected chi connectivity index (χ4v) is 2.57. The summed E-state index contributed by atoms with van der Waals surface area (Å²) in [4.78, 5) is 10.2. The quantitative estimate of drug-likeness (QED) is 0.729. The number of sulfone groups is 1. The molecule has 0 fully saturated rings. The SMILES string of the molecule is Cc1cc(C)cc(CS(=O)(=O)CC=O)c1. The lowest BCUT2D eigenvalue weighted by molar-refractivity contribution is -0.105. The second-order valence-corrected chi connectivity index (χ2v) is 5.83. The van der Waals surface area contributed by atoms with Gasteiger partial charge in [0.05, 0.1) is 5.75 Å². The van der Waals surface area contributed by atoms with Crippen molar-refractivity contribution < 1.29 is 13.2 Å². The van der Waals surface area contributed by atoms with E-state index < -0.39 is 15.6 Å². The first kappa shape index (κ1) is 11.9. The number of benzene rings is 1. The Morgan fingerprint density at radius 2 is 1.67 bits per heavy atom. The number of aldehydes is 1. The van der Waals surface area contributed by atoms with Crippen LogP contribution in [0.25, 0.3) is 0 Å². The van der Waals surface area contributed by atoms with Gasteiger partial charge < -0.3 is 4.79 Å². The maximum absolute atomic E-state index is 11.4. The third-order valence-corrected chi connectivity index (χ3v) is 3.41. The molecule has 0 saturated carbocycles. The van der Waals surface area contributed by atoms with Crippen molar-refractivity contribution in [3.63, 3.8) is 0 Å². The zero-order valence-corrected chi connectivity index (χ0v) is 9.67. The van der Waals surface area contributed by atoms with Gasteiger partial charge in [-0.25, -0.2) is 8.42 Å². The van der Waals surface area contributed by atoms with Crippen LogP contribution in [0.2, 0.25) is 0 Å². The van der Waals surface area contributed by atoms with E-state index in [2.05, 4.69) is 0 Å². The lowest BCUT2D eigenvalue weighted by Crippen LogP contribution is -2.10. The molecule has 1 aromatic carbocycles. The molecule has 4 heteroatoms. The van der Waals surface area contributed by atoms with Crippen molar-refractivity contribution in [3.05, 3.63) is 34.9 Å². The van der Waals surface area contributed by atoms with E-state index >= 15 is 0 Å². The van der Waals surface area contributed by atoms with Gasteiger partial charge in [0.25, 0.3) is 0 Å². The molecule has 0 radical (unpaired) electrons. The summed E-state index contributed by atoms with van der Waals surface area (Å²) in [5, 5.41) is 0. The minimum absolute atomic E-state index is 0.0613. The predicted molar refractivity (Wildman–Crippen MR) is 59.5 cm³/mol. The Morgan fingerprint density at radius 1 is 1.13 bits per heavy atom. The standard InChI is InChI=1S/C11H14O3S/c1-9-5-10(2)7-11(6-9)8-15(13,14)4-3-12/h3,5-7H,4,8H2,1-2H3. The lowest BCUT2D eigenvalue weighted by Gasteiger charge is -2.04. The van der Waals surface area contributed by atoms with E-state index in [1.807, 2.05) is 32.0 Å². The lowest BCUT2D eigenvalue weighted by atomic mass is 10.1. The third-order valence-electron chi connectivity index (χ3n) is 1.99. The molecule has 0 aliphatic heterocycles. The van der Waals surface area contributed by atoms with Crippen molar-refractivity contribution in [2.24, 2.45) is 0 Å². The van der Waals surface area contributed by atoms with Crippen molar-refractivity contribution in [1.82, 2.24) is 0 Å². The molecular weight excluding hydrogens is 212 g/mol. The molecule has 0 amide bonds. The highest BCUT2D eigenvalue weighted by molar-refractivity contribution is 7.91. The highest BCUT2D eigenvalue weighted by atomic mass is 32.2. The number of aryl methyl sites for hydroxylation is 2. The van der Waals surface area contributed by atoms with Gasteiger partial charge in [-0.2, -0.15) is 0 Å². The zero-order valence-electron chi connectivity index (χ0n) is 8.86. The molecule has 0 aliphatic rings. The molecular formula is C11H14O3S. The number of hydrogen-bond acceptors (Lipinski definition) is 3. The molecule has 0 atom stereocenters. The first-order valence-electron chi connectivity index (χ1n) is 4.64. The Kier molecular flexibility index (Phi) is 3.63. The van der Waals surface area contributed by atoms with Gasteiger partial charge in [0.15, 0.2) is 9.84 Å². The number of carbonyl (C=O) groups is 1. The summed E-state index contributed by atoms with van der Waals surface area (Å²) >= 11 is 0. The van der Waals surface area contributed by atoms with Crippen LogP contribution in [0.3, 0.4) is 0 Å². The molecule has 1 rings (SSSR count). The Labute approximate surface area is 90.0 Å². The Morgan fingerprint density at radius 3 is 2.13 bits per heavy atom. The van der Waals surface area contributed by atoms with Crippen LogP contribution in [0.5, 0.6) is 0 Å². The number of carbonyl (C=O) groups excluding carboxylic acids is 1. The van der Waals surface area contributed by atoms with Crippen molar-refractivity contribution in [3.8, 4) is 0 Å². The fourth-order valence-electron chi connectivity index (χ4n) is 1.57. The van der Waals surface area contributed by atoms with E-state index in [0.29, 0.717) is 6.29 Å². The van der Waals surface area contributed by atoms with Gasteiger partial charge in [-0.15, -0.1) is 0 Å². The molecule has 3 nitrogen and oxygen atoms in total. The molecule has 0 spiro atoms. The van der Waals surface area contributed by atoms with Crippen LogP contribution in [0.1, 0.15) is 16.7 Å². The van der Waals surface area contributed by atoms with Gasteiger partial charge in [0, 0.05) is 0 Å². The fraction of sp³-hybridized carbons (Fsp3) is 0.364. The van der Waals surface area contributed by atoms with E-state index in [4.69, 9.17) is 0 Å². The molecule has 0 unspecified atom stereocenters. The van der Waals surface area contributed by atoms with Crippen molar-refractivity contribution in [1.29, 1.82) is 0 Å². The monoisotopic (exact) mass is 226 g/mol. The molecule has 15 heavy (non-hydrogen) atoms. The van der Waals surface area contributed by atoms with E-state index in [-0.39, 0.29) is 5.75 Å². The van der Waals surface area contributed by atoms with Gasteiger partial charge in [-0.3, -0.25) is 0 Å². The maximum atomic E-state index is 11.4. The molecule has 1 aromatic rings. The number of rotatable bonds is 4. The summed E-state index contributed by atoms with van der Waals surface area (Å²) in [7, 11) is -3.29. The van der Waals surface area contributed by atoms with Gasteiger partial charge in [0.1, 0.15) is 12.0 Å². The Hall–Kier alpha value is -1.16. The second-order valence-electron chi connectivity index (χ2n) is 3.72. The molecule has 0 N–H and O–H groups in total. The molecule has 0 aliphatic carbocycles. The second kappa shape index (κ2) is 4.57.